The fourth-order valence-corrected chi connectivity index (χ4v) is 0.896. The highest BCUT2D eigenvalue weighted by atomic mass is 16.4. The second-order valence-corrected chi connectivity index (χ2v) is 4.18. The molecule has 0 rings (SSSR count). The van der Waals surface area contributed by atoms with Gasteiger partial charge in [-0.2, -0.15) is 0 Å². The first-order valence-electron chi connectivity index (χ1n) is 4.42. The van der Waals surface area contributed by atoms with E-state index in [2.05, 4.69) is 0 Å². The largest absolute Gasteiger partial charge is 0.480 e. The summed E-state index contributed by atoms with van der Waals surface area (Å²) in [5, 5.41) is 8.67. The third-order valence-electron chi connectivity index (χ3n) is 1.94. The highest BCUT2D eigenvalue weighted by Crippen LogP contribution is 2.08. The van der Waals surface area contributed by atoms with Gasteiger partial charge in [-0.05, 0) is 20.8 Å². The highest BCUT2D eigenvalue weighted by Gasteiger charge is 2.25. The van der Waals surface area contributed by atoms with Crippen LogP contribution in [0.2, 0.25) is 0 Å². The molecular formula is C9H18N2O3. The van der Waals surface area contributed by atoms with Crippen molar-refractivity contribution in [3.63, 3.8) is 0 Å². The van der Waals surface area contributed by atoms with Crippen molar-refractivity contribution in [2.75, 3.05) is 7.05 Å². The maximum Gasteiger partial charge on any atom is 0.326 e. The number of likely N-dealkylation sites (N-methyl/N-ethyl adjacent to an activating group) is 1. The lowest BCUT2D eigenvalue weighted by molar-refractivity contribution is -0.148. The van der Waals surface area contributed by atoms with E-state index in [1.165, 1.54) is 18.9 Å². The molecule has 14 heavy (non-hydrogen) atoms. The summed E-state index contributed by atoms with van der Waals surface area (Å²) in [6.45, 7) is 4.91. The lowest BCUT2D eigenvalue weighted by Gasteiger charge is -2.25. The number of carbonyl (C=O) groups excluding carboxylic acids is 1. The van der Waals surface area contributed by atoms with E-state index in [0.29, 0.717) is 0 Å². The Hall–Kier alpha value is -1.10. The molecule has 0 radical (unpaired) electrons. The molecule has 0 spiro atoms. The molecule has 0 aromatic rings. The van der Waals surface area contributed by atoms with Crippen LogP contribution in [0.5, 0.6) is 0 Å². The van der Waals surface area contributed by atoms with Gasteiger partial charge in [-0.15, -0.1) is 0 Å². The number of carboxylic acid groups (broad SMARTS) is 1. The van der Waals surface area contributed by atoms with E-state index < -0.39 is 17.6 Å². The minimum atomic E-state index is -1.02. The van der Waals surface area contributed by atoms with Crippen LogP contribution < -0.4 is 5.73 Å². The SMILES string of the molecule is CC(C(=O)O)N(C)C(=O)CC(C)(C)N. The van der Waals surface area contributed by atoms with Crippen LogP contribution in [0.25, 0.3) is 0 Å². The number of aliphatic carboxylic acids is 1. The summed E-state index contributed by atoms with van der Waals surface area (Å²) < 4.78 is 0. The first kappa shape index (κ1) is 12.9. The van der Waals surface area contributed by atoms with Gasteiger partial charge in [0.25, 0.3) is 0 Å². The van der Waals surface area contributed by atoms with Gasteiger partial charge in [0, 0.05) is 19.0 Å². The molecule has 0 saturated carbocycles. The van der Waals surface area contributed by atoms with Gasteiger partial charge in [-0.25, -0.2) is 4.79 Å². The molecule has 0 aliphatic heterocycles. The smallest absolute Gasteiger partial charge is 0.326 e. The van der Waals surface area contributed by atoms with Crippen LogP contribution in [0.1, 0.15) is 27.2 Å². The molecule has 1 unspecified atom stereocenters. The van der Waals surface area contributed by atoms with E-state index in [9.17, 15) is 9.59 Å². The minimum Gasteiger partial charge on any atom is -0.480 e. The highest BCUT2D eigenvalue weighted by molar-refractivity contribution is 5.83. The van der Waals surface area contributed by atoms with Crippen LogP contribution in [-0.2, 0) is 9.59 Å². The van der Waals surface area contributed by atoms with Crippen molar-refractivity contribution in [1.82, 2.24) is 4.90 Å². The quantitative estimate of drug-likeness (QED) is 0.674. The molecule has 0 aromatic carbocycles. The summed E-state index contributed by atoms with van der Waals surface area (Å²) in [6, 6.07) is -0.815. The third kappa shape index (κ3) is 4.23. The minimum absolute atomic E-state index is 0.140. The monoisotopic (exact) mass is 202 g/mol. The van der Waals surface area contributed by atoms with Crippen molar-refractivity contribution < 1.29 is 14.7 Å². The predicted molar refractivity (Wildman–Crippen MR) is 52.8 cm³/mol. The van der Waals surface area contributed by atoms with Crippen LogP contribution in [0, 0.1) is 0 Å². The molecule has 0 aromatic heterocycles. The number of carboxylic acids is 1. The first-order chi connectivity index (χ1) is 6.15. The summed E-state index contributed by atoms with van der Waals surface area (Å²) in [6.07, 6.45) is 0.140. The number of rotatable bonds is 4. The maximum absolute atomic E-state index is 11.5. The van der Waals surface area contributed by atoms with Crippen molar-refractivity contribution >= 4 is 11.9 Å². The molecule has 5 heteroatoms. The molecule has 0 heterocycles. The summed E-state index contributed by atoms with van der Waals surface area (Å²) >= 11 is 0. The Kier molecular flexibility index (Phi) is 4.07. The Morgan fingerprint density at radius 1 is 1.50 bits per heavy atom. The molecule has 1 amide bonds. The van der Waals surface area contributed by atoms with Crippen LogP contribution in [-0.4, -0.2) is 40.5 Å². The lowest BCUT2D eigenvalue weighted by atomic mass is 10.0. The van der Waals surface area contributed by atoms with E-state index in [1.807, 2.05) is 0 Å². The van der Waals surface area contributed by atoms with Gasteiger partial charge in [-0.3, -0.25) is 4.79 Å². The molecule has 0 bridgehead atoms. The topological polar surface area (TPSA) is 83.6 Å². The van der Waals surface area contributed by atoms with Gasteiger partial charge in [0.1, 0.15) is 6.04 Å². The summed E-state index contributed by atoms with van der Waals surface area (Å²) in [7, 11) is 1.47. The molecule has 0 aliphatic rings. The molecule has 0 saturated heterocycles. The molecule has 1 atom stereocenters. The average molecular weight is 202 g/mol. The van der Waals surface area contributed by atoms with Crippen molar-refractivity contribution in [3.05, 3.63) is 0 Å². The van der Waals surface area contributed by atoms with Gasteiger partial charge in [0.2, 0.25) is 5.91 Å². The third-order valence-corrected chi connectivity index (χ3v) is 1.94. The van der Waals surface area contributed by atoms with E-state index >= 15 is 0 Å². The number of nitrogens with zero attached hydrogens (tertiary/aromatic N) is 1. The van der Waals surface area contributed by atoms with Gasteiger partial charge >= 0.3 is 5.97 Å². The van der Waals surface area contributed by atoms with Crippen LogP contribution >= 0.6 is 0 Å². The Labute approximate surface area is 83.9 Å². The van der Waals surface area contributed by atoms with Gasteiger partial charge < -0.3 is 15.7 Å². The van der Waals surface area contributed by atoms with Crippen molar-refractivity contribution in [1.29, 1.82) is 0 Å². The van der Waals surface area contributed by atoms with Gasteiger partial charge in [-0.1, -0.05) is 0 Å². The number of hydrogen-bond acceptors (Lipinski definition) is 3. The zero-order chi connectivity index (χ0) is 11.5. The van der Waals surface area contributed by atoms with E-state index in [0.717, 1.165) is 0 Å². The second-order valence-electron chi connectivity index (χ2n) is 4.18. The Balaban J connectivity index is 4.33. The standard InChI is InChI=1S/C9H18N2O3/c1-6(8(13)14)11(4)7(12)5-9(2,3)10/h6H,5,10H2,1-4H3,(H,13,14). The Morgan fingerprint density at radius 2 is 1.93 bits per heavy atom. The van der Waals surface area contributed by atoms with Crippen molar-refractivity contribution in [2.24, 2.45) is 5.73 Å². The zero-order valence-electron chi connectivity index (χ0n) is 9.07. The first-order valence-corrected chi connectivity index (χ1v) is 4.42. The fourth-order valence-electron chi connectivity index (χ4n) is 0.896. The normalized spacial score (nSPS) is 13.5. The van der Waals surface area contributed by atoms with E-state index in [4.69, 9.17) is 10.8 Å². The maximum atomic E-state index is 11.5. The number of carbonyl (C=O) groups is 2. The molecule has 0 aliphatic carbocycles. The number of hydrogen-bond donors (Lipinski definition) is 2. The van der Waals surface area contributed by atoms with Crippen LogP contribution in [0.15, 0.2) is 0 Å². The zero-order valence-corrected chi connectivity index (χ0v) is 9.07. The van der Waals surface area contributed by atoms with E-state index in [-0.39, 0.29) is 12.3 Å². The predicted octanol–water partition coefficient (Wildman–Crippen LogP) is 0.0453. The average Bonchev–Trinajstić information content (AvgIpc) is 1.98. The fraction of sp³-hybridized carbons (Fsp3) is 0.778. The lowest BCUT2D eigenvalue weighted by Crippen LogP contribution is -2.45. The van der Waals surface area contributed by atoms with Crippen LogP contribution in [0.4, 0.5) is 0 Å². The van der Waals surface area contributed by atoms with Crippen molar-refractivity contribution in [3.8, 4) is 0 Å². The summed E-state index contributed by atoms with van der Waals surface area (Å²) in [4.78, 5) is 23.3. The summed E-state index contributed by atoms with van der Waals surface area (Å²) in [5.41, 5.74) is 5.05. The molecule has 0 fully saturated rings. The molecular weight excluding hydrogens is 184 g/mol. The molecule has 3 N–H and O–H groups in total. The van der Waals surface area contributed by atoms with E-state index in [1.54, 1.807) is 13.8 Å². The second kappa shape index (κ2) is 4.41. The van der Waals surface area contributed by atoms with Crippen molar-refractivity contribution in [2.45, 2.75) is 38.8 Å². The molecule has 5 nitrogen and oxygen atoms in total. The molecule has 82 valence electrons. The summed E-state index contributed by atoms with van der Waals surface area (Å²) in [5.74, 6) is -1.27. The van der Waals surface area contributed by atoms with Gasteiger partial charge in [0.05, 0.1) is 0 Å². The number of nitrogens with two attached hydrogens (primary N) is 1. The van der Waals surface area contributed by atoms with Gasteiger partial charge in [0.15, 0.2) is 0 Å². The Morgan fingerprint density at radius 3 is 2.21 bits per heavy atom. The number of amides is 1. The van der Waals surface area contributed by atoms with Crippen LogP contribution in [0.3, 0.4) is 0 Å². The Bertz CT molecular complexity index is 233.